The van der Waals surface area contributed by atoms with E-state index in [1.165, 1.54) is 53.1 Å². The summed E-state index contributed by atoms with van der Waals surface area (Å²) in [5.74, 6) is 0.588. The Morgan fingerprint density at radius 3 is 1.13 bits per heavy atom. The van der Waals surface area contributed by atoms with Crippen LogP contribution >= 0.6 is 0 Å². The number of hydrazone groups is 1. The van der Waals surface area contributed by atoms with Crippen LogP contribution in [-0.4, -0.2) is 29.3 Å². The number of hydrogen-bond donors (Lipinski definition) is 0. The number of hydrogen-bond acceptors (Lipinski definition) is 3. The lowest BCUT2D eigenvalue weighted by atomic mass is 9.49. The number of likely N-dealkylation sites (tertiary alicyclic amines) is 1. The molecular weight excluding hydrogens is 1210 g/mol. The topological polar surface area (TPSA) is 23.8 Å². The minimum absolute atomic E-state index is 0.0362. The summed E-state index contributed by atoms with van der Waals surface area (Å²) in [4.78, 5) is 3.01. The standard InChI is InChI=1S/C96H40N4/c1-4-6-13-27(5-2)25-99-34-20-18-28(24-97-100(30-14-9-7-10-15-30)31-16-11-8-12-17-31)22-32(34)33-23-29(19-21-35(33)99)94-96-92-85-77-65-57-48-39-37-36-38-42(39)51-58-56-47(38)49-45-40(36)43-44-41(37)46-50(48)63(65)71-69-55(46)53(44)61-60-52(43)54(45)68-70-62(49)64(56)76-78-66(58)67(59(51)57)79(77)88(92)87(78)90-83(76)81(70)84-74(68)72(60)80-73(61)75(69)86(82(71)85)93(96)89(80)91(84)95(90,96)26-98(94)3/h7-12,14-24,27,94H,4-6,13,25-26H2,1-3H3/b97-24+. The highest BCUT2D eigenvalue weighted by Crippen LogP contribution is 2.87. The van der Waals surface area contributed by atoms with Crippen LogP contribution in [0.4, 0.5) is 11.4 Å². The highest BCUT2D eigenvalue weighted by atomic mass is 15.5. The highest BCUT2D eigenvalue weighted by Gasteiger charge is 2.76. The van der Waals surface area contributed by atoms with Gasteiger partial charge in [-0.1, -0.05) is 81.6 Å². The quantitative estimate of drug-likeness (QED) is 0.0732. The molecule has 444 valence electrons. The molecular formula is C96H40N4. The lowest BCUT2D eigenvalue weighted by molar-refractivity contribution is 0.272. The molecule has 1 fully saturated rings. The number of fused-ring (bicyclic) bond motifs is 3. The summed E-state index contributed by atoms with van der Waals surface area (Å²) < 4.78 is 2.76. The maximum Gasteiger partial charge on any atom is 0.0652 e. The van der Waals surface area contributed by atoms with Gasteiger partial charge in [0.15, 0.2) is 0 Å². The molecule has 38 rings (SSSR count). The zero-order chi connectivity index (χ0) is 62.0. The van der Waals surface area contributed by atoms with E-state index in [1.54, 1.807) is 313 Å². The molecule has 0 radical (unpaired) electrons. The molecule has 0 amide bonds. The Morgan fingerprint density at radius 2 is 0.720 bits per heavy atom. The molecule has 1 saturated heterocycles. The number of para-hydroxylation sites is 2. The third kappa shape index (κ3) is 3.03. The van der Waals surface area contributed by atoms with Gasteiger partial charge >= 0.3 is 0 Å². The summed E-state index contributed by atoms with van der Waals surface area (Å²) in [5, 5.41) is 99.9. The fraction of sp³-hybridized carbons (Fsp3) is 0.135. The zero-order valence-electron chi connectivity index (χ0n) is 54.0. The summed E-state index contributed by atoms with van der Waals surface area (Å²) in [7, 11) is 2.63. The van der Waals surface area contributed by atoms with E-state index in [4.69, 9.17) is 5.10 Å². The molecule has 1 aliphatic heterocycles. The van der Waals surface area contributed by atoms with Crippen LogP contribution in [0.3, 0.4) is 0 Å². The third-order valence-electron chi connectivity index (χ3n) is 32.4. The zero-order valence-corrected chi connectivity index (χ0v) is 54.0. The van der Waals surface area contributed by atoms with Crippen molar-refractivity contribution in [3.63, 3.8) is 0 Å². The number of anilines is 2. The largest absolute Gasteiger partial charge is 0.340 e. The molecule has 4 nitrogen and oxygen atoms in total. The number of nitrogens with zero attached hydrogens (tertiary/aromatic N) is 4. The Kier molecular flexibility index (Phi) is 5.09. The van der Waals surface area contributed by atoms with Crippen LogP contribution < -0.4 is 5.01 Å². The molecule has 4 aliphatic carbocycles. The van der Waals surface area contributed by atoms with E-state index in [1.807, 2.05) is 0 Å². The molecule has 4 atom stereocenters. The van der Waals surface area contributed by atoms with Gasteiger partial charge in [-0.3, -0.25) is 4.90 Å². The van der Waals surface area contributed by atoms with Crippen LogP contribution in [0.15, 0.2) is 102 Å². The normalized spacial score (nSPS) is 20.8. The van der Waals surface area contributed by atoms with E-state index in [0.29, 0.717) is 5.92 Å². The van der Waals surface area contributed by atoms with Crippen molar-refractivity contribution in [2.45, 2.75) is 62.9 Å². The highest BCUT2D eigenvalue weighted by molar-refractivity contribution is 6.82. The second-order valence-electron chi connectivity index (χ2n) is 34.6. The average Bonchev–Trinajstić information content (AvgIpc) is 1.38. The average molecular weight is 1250 g/mol. The van der Waals surface area contributed by atoms with Gasteiger partial charge in [-0.25, -0.2) is 5.01 Å². The van der Waals surface area contributed by atoms with Crippen molar-refractivity contribution < 1.29 is 0 Å². The molecule has 0 bridgehead atoms. The van der Waals surface area contributed by atoms with E-state index in [-0.39, 0.29) is 11.5 Å². The van der Waals surface area contributed by atoms with Gasteiger partial charge < -0.3 is 4.57 Å². The molecule has 0 N–H and O–H groups in total. The summed E-state index contributed by atoms with van der Waals surface area (Å²) >= 11 is 0. The molecule has 100 heavy (non-hydrogen) atoms. The van der Waals surface area contributed by atoms with E-state index in [2.05, 4.69) is 139 Å². The Morgan fingerprint density at radius 1 is 0.390 bits per heavy atom. The van der Waals surface area contributed by atoms with Gasteiger partial charge in [0.05, 0.1) is 28.4 Å². The number of unbranched alkanes of at least 4 members (excludes halogenated alkanes) is 1. The van der Waals surface area contributed by atoms with E-state index >= 15 is 0 Å². The summed E-state index contributed by atoms with van der Waals surface area (Å²) in [6, 6.07) is 36.8. The Bertz CT molecular complexity index is 9400. The van der Waals surface area contributed by atoms with Crippen LogP contribution in [0.1, 0.15) is 79.0 Å². The molecule has 32 aromatic carbocycles. The van der Waals surface area contributed by atoms with E-state index in [9.17, 15) is 0 Å². The smallest absolute Gasteiger partial charge is 0.0652 e. The van der Waals surface area contributed by atoms with Crippen LogP contribution in [0.25, 0.3) is 313 Å². The van der Waals surface area contributed by atoms with Gasteiger partial charge in [0, 0.05) is 40.9 Å². The van der Waals surface area contributed by atoms with Crippen molar-refractivity contribution in [2.24, 2.45) is 11.0 Å². The SMILES string of the molecule is CCCCC(CC)Cn1c2ccc(/C=N/N(c3ccccc3)c3ccccc3)cc2c2cc(C3N(C)CC45c6c7c8c9c%10c%11c(c%12c%13c4c4c%14c6c6c%15c7c7c9c9c%10c%10c%16c%11c%12c%11c%12c%13c4c4c%13c%14c6c6c%14c%15c7c7c9c9c%10c%10c%16c%11c%11c%12c4c4c%13c6c6c%14c7c9c7c%10c%11c4c67)C835)ccc21. The van der Waals surface area contributed by atoms with E-state index in [0.717, 1.165) is 30.0 Å². The second kappa shape index (κ2) is 11.6. The summed E-state index contributed by atoms with van der Waals surface area (Å²) in [6.07, 6.45) is 7.03. The first-order valence-corrected chi connectivity index (χ1v) is 37.6. The van der Waals surface area contributed by atoms with Gasteiger partial charge in [0.1, 0.15) is 0 Å². The number of aromatic nitrogens is 1. The van der Waals surface area contributed by atoms with Crippen molar-refractivity contribution in [3.05, 3.63) is 130 Å². The number of benzene rings is 21. The lowest BCUT2D eigenvalue weighted by Crippen LogP contribution is -2.50. The van der Waals surface area contributed by atoms with Gasteiger partial charge in [-0.15, -0.1) is 0 Å². The first-order chi connectivity index (χ1) is 49.6. The first kappa shape index (κ1) is 43.8. The summed E-state index contributed by atoms with van der Waals surface area (Å²) in [6.45, 7) is 6.80. The summed E-state index contributed by atoms with van der Waals surface area (Å²) in [5.41, 5.74) is 13.6. The predicted molar refractivity (Wildman–Crippen MR) is 425 cm³/mol. The molecule has 2 heterocycles. The van der Waals surface area contributed by atoms with Gasteiger partial charge in [-0.05, 0) is 392 Å². The minimum atomic E-state index is -0.442. The van der Waals surface area contributed by atoms with E-state index < -0.39 is 5.41 Å². The fourth-order valence-electron chi connectivity index (χ4n) is 30.9. The van der Waals surface area contributed by atoms with Gasteiger partial charge in [0.25, 0.3) is 0 Å². The number of likely N-dealkylation sites (N-methyl/N-ethyl adjacent to an activating group) is 1. The Balaban J connectivity index is 0.769. The molecule has 0 saturated carbocycles. The maximum atomic E-state index is 5.39. The van der Waals surface area contributed by atoms with Crippen molar-refractivity contribution in [1.29, 1.82) is 0 Å². The molecule has 5 aliphatic rings. The number of rotatable bonds is 11. The van der Waals surface area contributed by atoms with Gasteiger partial charge in [0.2, 0.25) is 0 Å². The Hall–Kier alpha value is -11.4. The molecule has 1 aromatic heterocycles. The Labute approximate surface area is 559 Å². The monoisotopic (exact) mass is 1250 g/mol. The first-order valence-electron chi connectivity index (χ1n) is 37.6. The van der Waals surface area contributed by atoms with Crippen molar-refractivity contribution in [2.75, 3.05) is 18.6 Å². The van der Waals surface area contributed by atoms with Crippen LogP contribution in [0.5, 0.6) is 0 Å². The van der Waals surface area contributed by atoms with Crippen LogP contribution in [0, 0.1) is 5.92 Å². The van der Waals surface area contributed by atoms with Gasteiger partial charge in [-0.2, -0.15) is 5.10 Å². The minimum Gasteiger partial charge on any atom is -0.340 e. The molecule has 4 heteroatoms. The second-order valence-corrected chi connectivity index (χ2v) is 34.6. The predicted octanol–water partition coefficient (Wildman–Crippen LogP) is 25.5. The lowest BCUT2D eigenvalue weighted by Gasteiger charge is -2.50. The van der Waals surface area contributed by atoms with Crippen molar-refractivity contribution in [1.82, 2.24) is 9.47 Å². The third-order valence-corrected chi connectivity index (χ3v) is 32.4. The van der Waals surface area contributed by atoms with Crippen molar-refractivity contribution >= 4 is 330 Å². The van der Waals surface area contributed by atoms with Crippen LogP contribution in [-0.2, 0) is 17.4 Å². The molecule has 2 spiro atoms. The fourth-order valence-corrected chi connectivity index (χ4v) is 30.9. The van der Waals surface area contributed by atoms with Crippen LogP contribution in [0.2, 0.25) is 0 Å². The molecule has 33 aromatic rings. The maximum absolute atomic E-state index is 5.39. The molecule has 4 unspecified atom stereocenters. The van der Waals surface area contributed by atoms with Crippen molar-refractivity contribution in [3.8, 4) is 0 Å².